The Morgan fingerprint density at radius 2 is 1.94 bits per heavy atom. The topological polar surface area (TPSA) is 69.2 Å². The van der Waals surface area contributed by atoms with Gasteiger partial charge in [0.2, 0.25) is 5.91 Å². The first-order valence-corrected chi connectivity index (χ1v) is 5.91. The molecule has 0 aromatic heterocycles. The van der Waals surface area contributed by atoms with E-state index in [1.807, 2.05) is 6.92 Å². The van der Waals surface area contributed by atoms with E-state index in [-0.39, 0.29) is 5.91 Å². The summed E-state index contributed by atoms with van der Waals surface area (Å²) in [5.41, 5.74) is 1.45. The van der Waals surface area contributed by atoms with Crippen molar-refractivity contribution in [3.8, 4) is 0 Å². The van der Waals surface area contributed by atoms with Crippen molar-refractivity contribution in [2.75, 3.05) is 5.32 Å². The Kier molecular flexibility index (Phi) is 5.64. The Morgan fingerprint density at radius 1 is 1.28 bits per heavy atom. The fourth-order valence-corrected chi connectivity index (χ4v) is 1.40. The second-order valence-corrected chi connectivity index (χ2v) is 3.93. The van der Waals surface area contributed by atoms with Crippen molar-refractivity contribution in [3.05, 3.63) is 35.9 Å². The molecular formula is C14H16NO3-. The van der Waals surface area contributed by atoms with E-state index in [2.05, 4.69) is 5.32 Å². The number of aliphatic carboxylic acids is 1. The first-order valence-electron chi connectivity index (χ1n) is 5.91. The number of nitrogens with one attached hydrogen (secondary N) is 1. The summed E-state index contributed by atoms with van der Waals surface area (Å²) < 4.78 is 0. The summed E-state index contributed by atoms with van der Waals surface area (Å²) >= 11 is 0. The van der Waals surface area contributed by atoms with Gasteiger partial charge in [0.25, 0.3) is 0 Å². The molecule has 0 aliphatic heterocycles. The molecule has 1 aromatic carbocycles. The number of carbonyl (C=O) groups is 2. The minimum absolute atomic E-state index is 0.00474. The van der Waals surface area contributed by atoms with Gasteiger partial charge in [0.05, 0.1) is 5.97 Å². The van der Waals surface area contributed by atoms with Gasteiger partial charge in [-0.3, -0.25) is 4.79 Å². The highest BCUT2D eigenvalue weighted by Crippen LogP contribution is 2.11. The fraction of sp³-hybridized carbons (Fsp3) is 0.286. The lowest BCUT2D eigenvalue weighted by Gasteiger charge is -2.04. The Balaban J connectivity index is 2.55. The van der Waals surface area contributed by atoms with E-state index in [0.29, 0.717) is 12.1 Å². The fourth-order valence-electron chi connectivity index (χ4n) is 1.40. The molecule has 96 valence electrons. The number of amides is 1. The molecule has 0 bridgehead atoms. The molecule has 1 amide bonds. The van der Waals surface area contributed by atoms with Gasteiger partial charge in [0.15, 0.2) is 0 Å². The molecule has 4 nitrogen and oxygen atoms in total. The van der Waals surface area contributed by atoms with Crippen LogP contribution in [0.5, 0.6) is 0 Å². The third-order valence-electron chi connectivity index (χ3n) is 2.36. The lowest BCUT2D eigenvalue weighted by molar-refractivity contribution is -0.297. The normalized spacial score (nSPS) is 10.5. The summed E-state index contributed by atoms with van der Waals surface area (Å²) in [5.74, 6) is -1.23. The van der Waals surface area contributed by atoms with Gasteiger partial charge >= 0.3 is 0 Å². The highest BCUT2D eigenvalue weighted by Gasteiger charge is 2.00. The van der Waals surface area contributed by atoms with Crippen LogP contribution in [0.2, 0.25) is 0 Å². The van der Waals surface area contributed by atoms with Gasteiger partial charge in [-0.15, -0.1) is 0 Å². The molecule has 0 aliphatic carbocycles. The number of benzene rings is 1. The Hall–Kier alpha value is -2.10. The van der Waals surface area contributed by atoms with Gasteiger partial charge in [0.1, 0.15) is 0 Å². The maximum absolute atomic E-state index is 11.5. The Labute approximate surface area is 106 Å². The molecule has 18 heavy (non-hydrogen) atoms. The first kappa shape index (κ1) is 14.0. The summed E-state index contributed by atoms with van der Waals surface area (Å²) in [6.07, 6.45) is 4.79. The van der Waals surface area contributed by atoms with E-state index in [1.54, 1.807) is 24.3 Å². The van der Waals surface area contributed by atoms with Crippen molar-refractivity contribution in [1.29, 1.82) is 0 Å². The van der Waals surface area contributed by atoms with E-state index < -0.39 is 5.97 Å². The highest BCUT2D eigenvalue weighted by molar-refractivity contribution is 5.90. The third-order valence-corrected chi connectivity index (χ3v) is 2.36. The number of carbonyl (C=O) groups excluding carboxylic acids is 2. The largest absolute Gasteiger partial charge is 0.545 e. The lowest BCUT2D eigenvalue weighted by Crippen LogP contribution is -2.18. The molecule has 0 unspecified atom stereocenters. The second-order valence-electron chi connectivity index (χ2n) is 3.93. The van der Waals surface area contributed by atoms with Crippen LogP contribution in [0, 0.1) is 0 Å². The van der Waals surface area contributed by atoms with Crippen LogP contribution in [0.4, 0.5) is 5.69 Å². The zero-order valence-electron chi connectivity index (χ0n) is 10.3. The molecule has 0 spiro atoms. The van der Waals surface area contributed by atoms with Crippen molar-refractivity contribution in [3.63, 3.8) is 0 Å². The van der Waals surface area contributed by atoms with Gasteiger partial charge in [-0.25, -0.2) is 0 Å². The molecule has 4 heteroatoms. The molecule has 1 N–H and O–H groups in total. The number of unbranched alkanes of at least 4 members (excludes halogenated alkanes) is 1. The molecule has 0 radical (unpaired) electrons. The van der Waals surface area contributed by atoms with Gasteiger partial charge < -0.3 is 15.2 Å². The van der Waals surface area contributed by atoms with Crippen LogP contribution in [0.25, 0.3) is 6.08 Å². The number of hydrogen-bond donors (Lipinski definition) is 1. The Morgan fingerprint density at radius 3 is 2.50 bits per heavy atom. The van der Waals surface area contributed by atoms with E-state index in [0.717, 1.165) is 24.5 Å². The SMILES string of the molecule is CCCCC(=O)Nc1ccc(/C=C/C(=O)[O-])cc1. The average Bonchev–Trinajstić information content (AvgIpc) is 2.35. The molecular weight excluding hydrogens is 230 g/mol. The first-order chi connectivity index (χ1) is 8.61. The summed E-state index contributed by atoms with van der Waals surface area (Å²) in [7, 11) is 0. The van der Waals surface area contributed by atoms with Crippen molar-refractivity contribution in [1.82, 2.24) is 0 Å². The average molecular weight is 246 g/mol. The molecule has 0 aliphatic rings. The number of carboxylic acids is 1. The second kappa shape index (κ2) is 7.27. The summed E-state index contributed by atoms with van der Waals surface area (Å²) in [4.78, 5) is 21.7. The lowest BCUT2D eigenvalue weighted by atomic mass is 10.2. The molecule has 0 fully saturated rings. The zero-order valence-corrected chi connectivity index (χ0v) is 10.3. The summed E-state index contributed by atoms with van der Waals surface area (Å²) in [6, 6.07) is 6.93. The van der Waals surface area contributed by atoms with Crippen LogP contribution in [0.1, 0.15) is 31.7 Å². The predicted octanol–water partition coefficient (Wildman–Crippen LogP) is 1.58. The number of hydrogen-bond acceptors (Lipinski definition) is 3. The monoisotopic (exact) mass is 246 g/mol. The van der Waals surface area contributed by atoms with Crippen molar-refractivity contribution < 1.29 is 14.7 Å². The number of rotatable bonds is 6. The van der Waals surface area contributed by atoms with Crippen molar-refractivity contribution in [2.24, 2.45) is 0 Å². The van der Waals surface area contributed by atoms with Crippen molar-refractivity contribution >= 4 is 23.6 Å². The highest BCUT2D eigenvalue weighted by atomic mass is 16.4. The number of carboxylic acid groups (broad SMARTS) is 1. The molecule has 1 rings (SSSR count). The van der Waals surface area contributed by atoms with Crippen LogP contribution in [-0.2, 0) is 9.59 Å². The van der Waals surface area contributed by atoms with E-state index in [1.165, 1.54) is 6.08 Å². The minimum atomic E-state index is -1.23. The standard InChI is InChI=1S/C14H17NO3/c1-2-3-4-13(16)15-12-8-5-11(6-9-12)7-10-14(17)18/h5-10H,2-4H2,1H3,(H,15,16)(H,17,18)/p-1/b10-7+. The third kappa shape index (κ3) is 5.30. The van der Waals surface area contributed by atoms with Gasteiger partial charge in [-0.2, -0.15) is 0 Å². The van der Waals surface area contributed by atoms with E-state index >= 15 is 0 Å². The van der Waals surface area contributed by atoms with Gasteiger partial charge in [-0.1, -0.05) is 31.6 Å². The molecule has 0 saturated carbocycles. The van der Waals surface area contributed by atoms with Crippen LogP contribution in [0.15, 0.2) is 30.3 Å². The summed E-state index contributed by atoms with van der Waals surface area (Å²) in [5, 5.41) is 13.0. The summed E-state index contributed by atoms with van der Waals surface area (Å²) in [6.45, 7) is 2.03. The molecule has 1 aromatic rings. The molecule has 0 saturated heterocycles. The van der Waals surface area contributed by atoms with Gasteiger partial charge in [-0.05, 0) is 30.2 Å². The maximum atomic E-state index is 11.5. The van der Waals surface area contributed by atoms with E-state index in [4.69, 9.17) is 0 Å². The minimum Gasteiger partial charge on any atom is -0.545 e. The van der Waals surface area contributed by atoms with Crippen LogP contribution in [-0.4, -0.2) is 11.9 Å². The Bertz CT molecular complexity index is 435. The number of anilines is 1. The van der Waals surface area contributed by atoms with Crippen LogP contribution >= 0.6 is 0 Å². The van der Waals surface area contributed by atoms with Gasteiger partial charge in [0, 0.05) is 12.1 Å². The molecule has 0 atom stereocenters. The zero-order chi connectivity index (χ0) is 13.4. The van der Waals surface area contributed by atoms with Crippen molar-refractivity contribution in [2.45, 2.75) is 26.2 Å². The predicted molar refractivity (Wildman–Crippen MR) is 68.6 cm³/mol. The van der Waals surface area contributed by atoms with E-state index in [9.17, 15) is 14.7 Å². The van der Waals surface area contributed by atoms with Crippen LogP contribution in [0.3, 0.4) is 0 Å². The maximum Gasteiger partial charge on any atom is 0.224 e. The smallest absolute Gasteiger partial charge is 0.224 e. The molecule has 0 heterocycles. The van der Waals surface area contributed by atoms with Crippen LogP contribution < -0.4 is 10.4 Å². The quantitative estimate of drug-likeness (QED) is 0.775.